The van der Waals surface area contributed by atoms with Gasteiger partial charge in [0.15, 0.2) is 0 Å². The molecule has 0 aromatic heterocycles. The molecule has 0 bridgehead atoms. The zero-order chi connectivity index (χ0) is 18.3. The first-order chi connectivity index (χ1) is 12.6. The number of carbonyl (C=O) groups excluding carboxylic acids is 2. The molecular formula is C22H24O4. The van der Waals surface area contributed by atoms with E-state index in [1.54, 1.807) is 18.2 Å². The average molecular weight is 352 g/mol. The van der Waals surface area contributed by atoms with Crippen molar-refractivity contribution in [2.24, 2.45) is 5.92 Å². The molecule has 4 nitrogen and oxygen atoms in total. The minimum atomic E-state index is -0.525. The van der Waals surface area contributed by atoms with Crippen LogP contribution in [0.15, 0.2) is 41.2 Å². The molecule has 4 heteroatoms. The van der Waals surface area contributed by atoms with E-state index in [4.69, 9.17) is 0 Å². The number of benzene rings is 1. The summed E-state index contributed by atoms with van der Waals surface area (Å²) in [7, 11) is 0. The maximum Gasteiger partial charge on any atom is 0.200 e. The summed E-state index contributed by atoms with van der Waals surface area (Å²) in [5, 5.41) is 20.6. The number of aliphatic hydroxyl groups excluding tert-OH is 1. The van der Waals surface area contributed by atoms with E-state index in [0.717, 1.165) is 18.4 Å². The van der Waals surface area contributed by atoms with Gasteiger partial charge in [-0.05, 0) is 42.0 Å². The Hall–Kier alpha value is -2.36. The van der Waals surface area contributed by atoms with E-state index >= 15 is 0 Å². The molecule has 1 fully saturated rings. The van der Waals surface area contributed by atoms with Gasteiger partial charge < -0.3 is 10.2 Å². The first kappa shape index (κ1) is 17.1. The van der Waals surface area contributed by atoms with Gasteiger partial charge in [-0.15, -0.1) is 0 Å². The van der Waals surface area contributed by atoms with Crippen LogP contribution >= 0.6 is 0 Å². The van der Waals surface area contributed by atoms with E-state index in [1.165, 1.54) is 25.3 Å². The Morgan fingerprint density at radius 1 is 1.12 bits per heavy atom. The van der Waals surface area contributed by atoms with Crippen LogP contribution in [0.25, 0.3) is 0 Å². The quantitative estimate of drug-likeness (QED) is 0.823. The van der Waals surface area contributed by atoms with E-state index in [0.29, 0.717) is 30.7 Å². The molecule has 3 aliphatic rings. The van der Waals surface area contributed by atoms with Crippen LogP contribution in [0.2, 0.25) is 0 Å². The van der Waals surface area contributed by atoms with Gasteiger partial charge in [0.1, 0.15) is 17.3 Å². The highest BCUT2D eigenvalue weighted by Crippen LogP contribution is 2.46. The molecule has 1 atom stereocenters. The Morgan fingerprint density at radius 2 is 1.88 bits per heavy atom. The molecule has 0 amide bonds. The molecule has 26 heavy (non-hydrogen) atoms. The molecule has 2 N–H and O–H groups in total. The monoisotopic (exact) mass is 352 g/mol. The number of hydrogen-bond donors (Lipinski definition) is 2. The smallest absolute Gasteiger partial charge is 0.200 e. The average Bonchev–Trinajstić information content (AvgIpc) is 2.62. The van der Waals surface area contributed by atoms with Gasteiger partial charge in [0.05, 0.1) is 17.1 Å². The number of allylic oxidation sites excluding steroid dienone is 3. The highest BCUT2D eigenvalue weighted by molar-refractivity contribution is 6.17. The lowest BCUT2D eigenvalue weighted by molar-refractivity contribution is -0.120. The van der Waals surface area contributed by atoms with E-state index in [9.17, 15) is 19.8 Å². The second kappa shape index (κ2) is 6.75. The number of hydrogen-bond acceptors (Lipinski definition) is 4. The van der Waals surface area contributed by atoms with Crippen LogP contribution in [-0.2, 0) is 4.79 Å². The van der Waals surface area contributed by atoms with Gasteiger partial charge in [-0.3, -0.25) is 9.59 Å². The van der Waals surface area contributed by atoms with Crippen molar-refractivity contribution in [2.45, 2.75) is 57.3 Å². The highest BCUT2D eigenvalue weighted by atomic mass is 16.3. The summed E-state index contributed by atoms with van der Waals surface area (Å²) in [5.41, 5.74) is 1.74. The minimum absolute atomic E-state index is 0.0550. The molecule has 4 rings (SSSR count). The van der Waals surface area contributed by atoms with Gasteiger partial charge in [0.25, 0.3) is 0 Å². The van der Waals surface area contributed by atoms with E-state index in [-0.39, 0.29) is 34.2 Å². The summed E-state index contributed by atoms with van der Waals surface area (Å²) in [4.78, 5) is 26.2. The normalized spacial score (nSPS) is 23.3. The van der Waals surface area contributed by atoms with Crippen molar-refractivity contribution in [1.29, 1.82) is 0 Å². The summed E-state index contributed by atoms with van der Waals surface area (Å²) in [6.45, 7) is 0. The van der Waals surface area contributed by atoms with Crippen LogP contribution in [0, 0.1) is 5.92 Å². The van der Waals surface area contributed by atoms with Crippen LogP contribution in [0.3, 0.4) is 0 Å². The molecule has 0 aliphatic heterocycles. The van der Waals surface area contributed by atoms with Crippen molar-refractivity contribution >= 4 is 11.6 Å². The SMILES string of the molecule is O=C1C2=C(CCC=C2O)C(C(=O)CC2CCCCC2)c2cccc(O)c21. The topological polar surface area (TPSA) is 74.6 Å². The number of carbonyl (C=O) groups is 2. The molecule has 1 aromatic carbocycles. The molecule has 0 heterocycles. The number of ketones is 2. The third-order valence-electron chi connectivity index (χ3n) is 6.05. The lowest BCUT2D eigenvalue weighted by Gasteiger charge is -2.32. The Kier molecular flexibility index (Phi) is 4.43. The first-order valence-electron chi connectivity index (χ1n) is 9.59. The Bertz CT molecular complexity index is 825. The van der Waals surface area contributed by atoms with E-state index in [1.807, 2.05) is 0 Å². The molecule has 0 spiro atoms. The lowest BCUT2D eigenvalue weighted by atomic mass is 9.70. The van der Waals surface area contributed by atoms with Gasteiger partial charge in [0.2, 0.25) is 5.78 Å². The van der Waals surface area contributed by atoms with Crippen molar-refractivity contribution in [3.63, 3.8) is 0 Å². The van der Waals surface area contributed by atoms with Gasteiger partial charge in [0, 0.05) is 6.42 Å². The maximum absolute atomic E-state index is 13.3. The zero-order valence-electron chi connectivity index (χ0n) is 14.8. The van der Waals surface area contributed by atoms with Crippen molar-refractivity contribution in [3.05, 3.63) is 52.3 Å². The first-order valence-corrected chi connectivity index (χ1v) is 9.59. The minimum Gasteiger partial charge on any atom is -0.508 e. The number of rotatable bonds is 3. The molecule has 0 radical (unpaired) electrons. The van der Waals surface area contributed by atoms with Crippen LogP contribution in [0.1, 0.15) is 73.2 Å². The predicted molar refractivity (Wildman–Crippen MR) is 98.3 cm³/mol. The van der Waals surface area contributed by atoms with Gasteiger partial charge in [-0.1, -0.05) is 44.2 Å². The number of fused-ring (bicyclic) bond motifs is 1. The van der Waals surface area contributed by atoms with Crippen LogP contribution in [0.5, 0.6) is 5.75 Å². The van der Waals surface area contributed by atoms with E-state index in [2.05, 4.69) is 0 Å². The molecule has 1 aromatic rings. The Labute approximate surface area is 153 Å². The fourth-order valence-corrected chi connectivity index (χ4v) is 4.83. The standard InChI is InChI=1S/C22H24O4/c23-16-10-4-8-14-19(18(25)12-13-6-2-1-3-7-13)15-9-5-11-17(24)21(15)22(26)20(14)16/h4,8,10-11,13,19,23-24H,1-3,5-7,9,12H2. The molecule has 1 unspecified atom stereocenters. The summed E-state index contributed by atoms with van der Waals surface area (Å²) >= 11 is 0. The van der Waals surface area contributed by atoms with Gasteiger partial charge >= 0.3 is 0 Å². The van der Waals surface area contributed by atoms with Gasteiger partial charge in [-0.25, -0.2) is 0 Å². The molecule has 0 saturated heterocycles. The Balaban J connectivity index is 1.77. The number of phenols is 1. The van der Waals surface area contributed by atoms with Crippen molar-refractivity contribution in [2.75, 3.05) is 0 Å². The van der Waals surface area contributed by atoms with Crippen molar-refractivity contribution in [1.82, 2.24) is 0 Å². The fraction of sp³-hybridized carbons (Fsp3) is 0.455. The Morgan fingerprint density at radius 3 is 2.65 bits per heavy atom. The highest BCUT2D eigenvalue weighted by Gasteiger charge is 2.41. The molecule has 3 aliphatic carbocycles. The van der Waals surface area contributed by atoms with Crippen LogP contribution in [0.4, 0.5) is 0 Å². The summed E-state index contributed by atoms with van der Waals surface area (Å²) in [6.07, 6.45) is 9.13. The predicted octanol–water partition coefficient (Wildman–Crippen LogP) is 4.74. The lowest BCUT2D eigenvalue weighted by Crippen LogP contribution is -2.29. The largest absolute Gasteiger partial charge is 0.508 e. The van der Waals surface area contributed by atoms with Crippen LogP contribution < -0.4 is 0 Å². The third-order valence-corrected chi connectivity index (χ3v) is 6.05. The summed E-state index contributed by atoms with van der Waals surface area (Å²) in [5.74, 6) is -0.552. The number of aliphatic hydroxyl groups is 1. The van der Waals surface area contributed by atoms with Gasteiger partial charge in [-0.2, -0.15) is 0 Å². The third kappa shape index (κ3) is 2.77. The zero-order valence-corrected chi connectivity index (χ0v) is 14.8. The summed E-state index contributed by atoms with van der Waals surface area (Å²) < 4.78 is 0. The fourth-order valence-electron chi connectivity index (χ4n) is 4.83. The second-order valence-corrected chi connectivity index (χ2v) is 7.71. The molecule has 1 saturated carbocycles. The maximum atomic E-state index is 13.3. The second-order valence-electron chi connectivity index (χ2n) is 7.71. The van der Waals surface area contributed by atoms with E-state index < -0.39 is 5.92 Å². The number of aromatic hydroxyl groups is 1. The molecule has 136 valence electrons. The molecular weight excluding hydrogens is 328 g/mol. The van der Waals surface area contributed by atoms with Crippen molar-refractivity contribution < 1.29 is 19.8 Å². The summed E-state index contributed by atoms with van der Waals surface area (Å²) in [6, 6.07) is 4.93. The van der Waals surface area contributed by atoms with Crippen molar-refractivity contribution in [3.8, 4) is 5.75 Å². The van der Waals surface area contributed by atoms with Crippen LogP contribution in [-0.4, -0.2) is 21.8 Å². The number of Topliss-reactive ketones (excluding diaryl/α,β-unsaturated/α-hetero) is 2. The number of phenolic OH excluding ortho intramolecular Hbond substituents is 1.